The Bertz CT molecular complexity index is 342. The zero-order valence-electron chi connectivity index (χ0n) is 6.64. The molecule has 0 aliphatic heterocycles. The first-order valence-corrected chi connectivity index (χ1v) is 5.39. The number of hydrogen-bond donors (Lipinski definition) is 1. The number of rotatable bonds is 2. The minimum absolute atomic E-state index is 0.403. The average Bonchev–Trinajstić information content (AvgIpc) is 2.03. The lowest BCUT2D eigenvalue weighted by molar-refractivity contribution is 0.256. The molecule has 0 spiro atoms. The average molecular weight is 186 g/mol. The molecule has 4 heteroatoms. The van der Waals surface area contributed by atoms with Crippen molar-refractivity contribution in [2.45, 2.75) is 5.44 Å². The van der Waals surface area contributed by atoms with Crippen LogP contribution in [-0.2, 0) is 9.84 Å². The molecular formula is C8H10O3S. The number of hydrogen-bond acceptors (Lipinski definition) is 3. The molecule has 0 radical (unpaired) electrons. The fraction of sp³-hybridized carbons (Fsp3) is 0.250. The Morgan fingerprint density at radius 2 is 1.75 bits per heavy atom. The molecule has 1 aromatic rings. The molecule has 1 rings (SSSR count). The molecule has 0 aliphatic rings. The second-order valence-corrected chi connectivity index (χ2v) is 4.70. The van der Waals surface area contributed by atoms with E-state index in [1.165, 1.54) is 0 Å². The van der Waals surface area contributed by atoms with Gasteiger partial charge in [-0.15, -0.1) is 0 Å². The maximum absolute atomic E-state index is 10.9. The van der Waals surface area contributed by atoms with Crippen molar-refractivity contribution in [1.29, 1.82) is 0 Å². The SMILES string of the molecule is CS(=O)(=O)C(O)c1ccccc1. The first kappa shape index (κ1) is 9.22. The van der Waals surface area contributed by atoms with Crippen molar-refractivity contribution < 1.29 is 13.5 Å². The molecule has 12 heavy (non-hydrogen) atoms. The zero-order chi connectivity index (χ0) is 9.19. The molecule has 0 aliphatic carbocycles. The van der Waals surface area contributed by atoms with Crippen LogP contribution in [0.5, 0.6) is 0 Å². The summed E-state index contributed by atoms with van der Waals surface area (Å²) in [6.45, 7) is 0. The fourth-order valence-electron chi connectivity index (χ4n) is 0.865. The van der Waals surface area contributed by atoms with Gasteiger partial charge in [0.2, 0.25) is 0 Å². The van der Waals surface area contributed by atoms with Crippen LogP contribution in [0.25, 0.3) is 0 Å². The molecule has 66 valence electrons. The minimum Gasteiger partial charge on any atom is -0.373 e. The summed E-state index contributed by atoms with van der Waals surface area (Å²) in [5.41, 5.74) is -1.00. The predicted molar refractivity (Wildman–Crippen MR) is 46.2 cm³/mol. The summed E-state index contributed by atoms with van der Waals surface area (Å²) in [4.78, 5) is 0. The summed E-state index contributed by atoms with van der Waals surface area (Å²) in [5.74, 6) is 0. The Hall–Kier alpha value is -0.870. The predicted octanol–water partition coefficient (Wildman–Crippen LogP) is 0.722. The maximum atomic E-state index is 10.9. The highest BCUT2D eigenvalue weighted by Gasteiger charge is 2.18. The summed E-state index contributed by atoms with van der Waals surface area (Å²) >= 11 is 0. The van der Waals surface area contributed by atoms with Gasteiger partial charge in [0.1, 0.15) is 0 Å². The molecule has 1 aromatic carbocycles. The quantitative estimate of drug-likeness (QED) is 0.740. The van der Waals surface area contributed by atoms with E-state index < -0.39 is 15.3 Å². The van der Waals surface area contributed by atoms with Crippen LogP contribution in [0.4, 0.5) is 0 Å². The van der Waals surface area contributed by atoms with Crippen molar-refractivity contribution in [2.75, 3.05) is 6.26 Å². The molecule has 0 amide bonds. The van der Waals surface area contributed by atoms with Crippen molar-refractivity contribution in [3.05, 3.63) is 35.9 Å². The Kier molecular flexibility index (Phi) is 2.49. The van der Waals surface area contributed by atoms with Crippen LogP contribution >= 0.6 is 0 Å². The van der Waals surface area contributed by atoms with Crippen molar-refractivity contribution in [2.24, 2.45) is 0 Å². The molecule has 0 fully saturated rings. The van der Waals surface area contributed by atoms with E-state index in [1.54, 1.807) is 30.3 Å². The van der Waals surface area contributed by atoms with Crippen LogP contribution in [0, 0.1) is 0 Å². The molecule has 1 N–H and O–H groups in total. The fourth-order valence-corrected chi connectivity index (χ4v) is 1.52. The summed E-state index contributed by atoms with van der Waals surface area (Å²) in [5, 5.41) is 9.27. The number of benzene rings is 1. The lowest BCUT2D eigenvalue weighted by Crippen LogP contribution is -2.10. The smallest absolute Gasteiger partial charge is 0.180 e. The first-order valence-electron chi connectivity index (χ1n) is 3.43. The van der Waals surface area contributed by atoms with E-state index in [4.69, 9.17) is 0 Å². The van der Waals surface area contributed by atoms with Gasteiger partial charge in [0.15, 0.2) is 15.3 Å². The number of sulfone groups is 1. The highest BCUT2D eigenvalue weighted by molar-refractivity contribution is 7.90. The maximum Gasteiger partial charge on any atom is 0.180 e. The van der Waals surface area contributed by atoms with Gasteiger partial charge in [-0.3, -0.25) is 0 Å². The van der Waals surface area contributed by atoms with Gasteiger partial charge in [0, 0.05) is 6.26 Å². The van der Waals surface area contributed by atoms with Crippen LogP contribution in [0.2, 0.25) is 0 Å². The van der Waals surface area contributed by atoms with Crippen LogP contribution < -0.4 is 0 Å². The van der Waals surface area contributed by atoms with Gasteiger partial charge in [0.25, 0.3) is 0 Å². The molecule has 0 aromatic heterocycles. The van der Waals surface area contributed by atoms with Crippen molar-refractivity contribution in [3.8, 4) is 0 Å². The molecule has 1 unspecified atom stereocenters. The zero-order valence-corrected chi connectivity index (χ0v) is 7.45. The summed E-state index contributed by atoms with van der Waals surface area (Å²) < 4.78 is 21.8. The lowest BCUT2D eigenvalue weighted by atomic mass is 10.2. The Morgan fingerprint density at radius 1 is 1.25 bits per heavy atom. The summed E-state index contributed by atoms with van der Waals surface area (Å²) in [6, 6.07) is 8.28. The molecule has 1 atom stereocenters. The van der Waals surface area contributed by atoms with Crippen molar-refractivity contribution >= 4 is 9.84 Å². The van der Waals surface area contributed by atoms with Gasteiger partial charge in [-0.2, -0.15) is 0 Å². The van der Waals surface area contributed by atoms with Gasteiger partial charge < -0.3 is 5.11 Å². The molecule has 0 saturated heterocycles. The molecule has 0 bridgehead atoms. The third-order valence-corrected chi connectivity index (χ3v) is 2.57. The second kappa shape index (κ2) is 3.25. The van der Waals surface area contributed by atoms with Crippen LogP contribution in [0.1, 0.15) is 11.0 Å². The molecule has 3 nitrogen and oxygen atoms in total. The van der Waals surface area contributed by atoms with Crippen molar-refractivity contribution in [3.63, 3.8) is 0 Å². The summed E-state index contributed by atoms with van der Waals surface area (Å²) in [6.07, 6.45) is 1.00. The van der Waals surface area contributed by atoms with Gasteiger partial charge in [0.05, 0.1) is 0 Å². The van der Waals surface area contributed by atoms with Gasteiger partial charge in [-0.1, -0.05) is 30.3 Å². The number of aliphatic hydroxyl groups is 1. The van der Waals surface area contributed by atoms with Gasteiger partial charge >= 0.3 is 0 Å². The molecule has 0 saturated carbocycles. The topological polar surface area (TPSA) is 54.4 Å². The van der Waals surface area contributed by atoms with E-state index in [1.807, 2.05) is 0 Å². The van der Waals surface area contributed by atoms with Crippen LogP contribution in [0.3, 0.4) is 0 Å². The van der Waals surface area contributed by atoms with E-state index >= 15 is 0 Å². The lowest BCUT2D eigenvalue weighted by Gasteiger charge is -2.07. The van der Waals surface area contributed by atoms with Crippen LogP contribution in [0.15, 0.2) is 30.3 Å². The highest BCUT2D eigenvalue weighted by Crippen LogP contribution is 2.16. The molecular weight excluding hydrogens is 176 g/mol. The third-order valence-electron chi connectivity index (χ3n) is 1.49. The van der Waals surface area contributed by atoms with E-state index in [0.29, 0.717) is 5.56 Å². The standard InChI is InChI=1S/C8H10O3S/c1-12(10,11)8(9)7-5-3-2-4-6-7/h2-6,8-9H,1H3. The Balaban J connectivity index is 3.02. The van der Waals surface area contributed by atoms with Gasteiger partial charge in [-0.05, 0) is 5.56 Å². The summed E-state index contributed by atoms with van der Waals surface area (Å²) in [7, 11) is -3.40. The monoisotopic (exact) mass is 186 g/mol. The normalized spacial score (nSPS) is 14.2. The van der Waals surface area contributed by atoms with Crippen molar-refractivity contribution in [1.82, 2.24) is 0 Å². The van der Waals surface area contributed by atoms with Gasteiger partial charge in [-0.25, -0.2) is 8.42 Å². The Labute approximate surface area is 71.6 Å². The highest BCUT2D eigenvalue weighted by atomic mass is 32.2. The van der Waals surface area contributed by atoms with Crippen LogP contribution in [-0.4, -0.2) is 19.8 Å². The van der Waals surface area contributed by atoms with E-state index in [-0.39, 0.29) is 0 Å². The second-order valence-electron chi connectivity index (χ2n) is 2.59. The van der Waals surface area contributed by atoms with E-state index in [2.05, 4.69) is 0 Å². The third kappa shape index (κ3) is 2.06. The van der Waals surface area contributed by atoms with E-state index in [0.717, 1.165) is 6.26 Å². The van der Waals surface area contributed by atoms with E-state index in [9.17, 15) is 13.5 Å². The Morgan fingerprint density at radius 3 is 2.17 bits per heavy atom. The largest absolute Gasteiger partial charge is 0.373 e. The minimum atomic E-state index is -3.40. The molecule has 0 heterocycles. The first-order chi connectivity index (χ1) is 5.52. The number of aliphatic hydroxyl groups excluding tert-OH is 1.